The Morgan fingerprint density at radius 3 is 2.03 bits per heavy atom. The van der Waals surface area contributed by atoms with Crippen LogP contribution in [-0.2, 0) is 57.6 Å². The van der Waals surface area contributed by atoms with Crippen LogP contribution in [0.1, 0.15) is 56.7 Å². The van der Waals surface area contributed by atoms with Crippen LogP contribution in [0.5, 0.6) is 5.75 Å². The van der Waals surface area contributed by atoms with E-state index in [0.717, 1.165) is 48.8 Å². The number of benzene rings is 4. The molecule has 16 N–H and O–H groups in total. The Bertz CT molecular complexity index is 2890. The molecule has 4 aromatic carbocycles. The fourth-order valence-electron chi connectivity index (χ4n) is 8.71. The van der Waals surface area contributed by atoms with Crippen molar-refractivity contribution in [3.63, 3.8) is 0 Å². The van der Waals surface area contributed by atoms with Crippen LogP contribution >= 0.6 is 21.6 Å². The van der Waals surface area contributed by atoms with Gasteiger partial charge in [-0.1, -0.05) is 108 Å². The third kappa shape index (κ3) is 16.9. The van der Waals surface area contributed by atoms with Gasteiger partial charge in [0, 0.05) is 41.4 Å². The van der Waals surface area contributed by atoms with Crippen molar-refractivity contribution in [3.05, 3.63) is 114 Å². The van der Waals surface area contributed by atoms with Gasteiger partial charge in [-0.15, -0.1) is 0 Å². The number of carbonyl (C=O) groups excluding carboxylic acids is 8. The number of rotatable bonds is 17. The van der Waals surface area contributed by atoms with Crippen LogP contribution < -0.4 is 54.4 Å². The predicted octanol–water partition coefficient (Wildman–Crippen LogP) is 0.822. The average Bonchev–Trinajstić information content (AvgIpc) is 3.81. The zero-order chi connectivity index (χ0) is 55.8. The Hall–Kier alpha value is -7.18. The number of H-pyrrole nitrogens is 1. The molecule has 1 aliphatic rings. The molecule has 0 aliphatic carbocycles. The first-order valence-corrected chi connectivity index (χ1v) is 27.9. The number of nitrogens with two attached hydrogens (primary N) is 3. The van der Waals surface area contributed by atoms with Crippen molar-refractivity contribution in [2.24, 2.45) is 23.1 Å². The van der Waals surface area contributed by atoms with Crippen LogP contribution in [0.4, 0.5) is 0 Å². The quantitative estimate of drug-likeness (QED) is 0.0453. The second-order valence-corrected chi connectivity index (χ2v) is 22.0. The highest BCUT2D eigenvalue weighted by molar-refractivity contribution is 8.76. The minimum Gasteiger partial charge on any atom is -0.508 e. The number of primary amides is 1. The molecule has 2 heterocycles. The monoisotopic (exact) mass is 1100 g/mol. The Kier molecular flexibility index (Phi) is 21.7. The average molecular weight is 1100 g/mol. The third-order valence-electron chi connectivity index (χ3n) is 13.1. The third-order valence-corrected chi connectivity index (χ3v) is 15.5. The number of unbranched alkanes of at least 4 members (excludes halogenated alkanes) is 1. The smallest absolute Gasteiger partial charge is 0.244 e. The highest BCUT2D eigenvalue weighted by Crippen LogP contribution is 2.25. The number of amides is 8. The van der Waals surface area contributed by atoms with Gasteiger partial charge < -0.3 is 69.6 Å². The second kappa shape index (κ2) is 28.3. The molecule has 21 nitrogen and oxygen atoms in total. The number of aliphatic hydroxyl groups is 1. The maximum atomic E-state index is 14.9. The van der Waals surface area contributed by atoms with Crippen LogP contribution in [0, 0.1) is 5.92 Å². The molecule has 1 saturated heterocycles. The summed E-state index contributed by atoms with van der Waals surface area (Å²) >= 11 is 0. The van der Waals surface area contributed by atoms with Gasteiger partial charge in [0.1, 0.15) is 48.0 Å². The standard InChI is InChI=1S/C54H69N11O10S2/c1-29(2)45-54(75)63-44(53(74)65-46(30(3)66)47(57)68)28-77-76-27-43(62-48(69)38(56)23-32-15-18-33-10-4-5-11-34(33)22-32)52(73)60-41(24-31-16-19-36(67)20-17-31)50(71)61-42(25-35-26-58-39-13-7-6-12-37(35)39)51(72)59-40(49(70)64-45)14-8-9-21-55/h4-7,10-13,15-20,22,26,29-30,38,40-46,58,66-67H,8-9,14,21,23-25,27-28,55-56H2,1-3H3,(H2,57,68)(H,59,72)(H,60,73)(H,61,71)(H,62,69)(H,63,75)(H,64,70)(H,65,74)/t30-,38-,40+,41+,42-,43-,44-,45?,46+/m1/s1. The van der Waals surface area contributed by atoms with Crippen molar-refractivity contribution < 1.29 is 48.6 Å². The van der Waals surface area contributed by atoms with E-state index in [9.17, 15) is 48.6 Å². The lowest BCUT2D eigenvalue weighted by atomic mass is 10.00. The summed E-state index contributed by atoms with van der Waals surface area (Å²) in [6, 6.07) is 15.8. The molecule has 5 aromatic rings. The lowest BCUT2D eigenvalue weighted by molar-refractivity contribution is -0.136. The van der Waals surface area contributed by atoms with Gasteiger partial charge in [-0.05, 0) is 90.7 Å². The molecule has 0 saturated carbocycles. The zero-order valence-electron chi connectivity index (χ0n) is 43.1. The Morgan fingerprint density at radius 1 is 0.714 bits per heavy atom. The Morgan fingerprint density at radius 2 is 1.34 bits per heavy atom. The first-order valence-electron chi connectivity index (χ1n) is 25.4. The molecule has 412 valence electrons. The van der Waals surface area contributed by atoms with Crippen molar-refractivity contribution in [2.45, 2.75) is 114 Å². The van der Waals surface area contributed by atoms with Crippen molar-refractivity contribution in [1.82, 2.24) is 42.2 Å². The predicted molar refractivity (Wildman–Crippen MR) is 296 cm³/mol. The summed E-state index contributed by atoms with van der Waals surface area (Å²) in [7, 11) is 2.03. The first-order chi connectivity index (χ1) is 36.8. The summed E-state index contributed by atoms with van der Waals surface area (Å²) in [5.41, 5.74) is 20.5. The minimum absolute atomic E-state index is 0.0501. The maximum Gasteiger partial charge on any atom is 0.244 e. The summed E-state index contributed by atoms with van der Waals surface area (Å²) in [5, 5.41) is 42.1. The second-order valence-electron chi connectivity index (χ2n) is 19.4. The largest absolute Gasteiger partial charge is 0.508 e. The van der Waals surface area contributed by atoms with E-state index in [4.69, 9.17) is 17.2 Å². The Labute approximate surface area is 453 Å². The number of aromatic nitrogens is 1. The number of para-hydroxylation sites is 1. The number of nitrogens with one attached hydrogen (secondary N) is 8. The van der Waals surface area contributed by atoms with E-state index < -0.39 is 108 Å². The van der Waals surface area contributed by atoms with Crippen LogP contribution in [0.15, 0.2) is 97.2 Å². The molecule has 0 spiro atoms. The van der Waals surface area contributed by atoms with Gasteiger partial charge in [0.2, 0.25) is 47.3 Å². The topological polar surface area (TPSA) is 355 Å². The van der Waals surface area contributed by atoms with Gasteiger partial charge in [0.25, 0.3) is 0 Å². The number of aromatic amines is 1. The number of phenolic OH excluding ortho intramolecular Hbond substituents is 1. The summed E-state index contributed by atoms with van der Waals surface area (Å²) < 4.78 is 0. The molecule has 23 heteroatoms. The van der Waals surface area contributed by atoms with E-state index in [0.29, 0.717) is 24.0 Å². The van der Waals surface area contributed by atoms with E-state index in [2.05, 4.69) is 42.2 Å². The summed E-state index contributed by atoms with van der Waals surface area (Å²) in [4.78, 5) is 116. The molecule has 1 aliphatic heterocycles. The van der Waals surface area contributed by atoms with E-state index in [-0.39, 0.29) is 49.5 Å². The van der Waals surface area contributed by atoms with Crippen LogP contribution in [-0.4, -0.2) is 135 Å². The number of hydrogen-bond donors (Lipinski definition) is 13. The van der Waals surface area contributed by atoms with Crippen molar-refractivity contribution in [2.75, 3.05) is 18.1 Å². The van der Waals surface area contributed by atoms with E-state index >= 15 is 0 Å². The normalized spacial score (nSPS) is 21.6. The molecule has 0 radical (unpaired) electrons. The molecule has 9 atom stereocenters. The van der Waals surface area contributed by atoms with E-state index in [1.54, 1.807) is 32.2 Å². The van der Waals surface area contributed by atoms with Crippen LogP contribution in [0.2, 0.25) is 0 Å². The molecular formula is C54H69N11O10S2. The molecular weight excluding hydrogens is 1030 g/mol. The Balaban J connectivity index is 1.39. The molecule has 1 aromatic heterocycles. The van der Waals surface area contributed by atoms with Gasteiger partial charge in [-0.25, -0.2) is 0 Å². The molecule has 1 fully saturated rings. The summed E-state index contributed by atoms with van der Waals surface area (Å²) in [5.74, 6) is -7.66. The molecule has 6 rings (SSSR count). The van der Waals surface area contributed by atoms with Gasteiger partial charge in [-0.3, -0.25) is 38.4 Å². The number of carbonyl (C=O) groups is 8. The molecule has 8 amide bonds. The molecule has 0 bridgehead atoms. The lowest BCUT2D eigenvalue weighted by Gasteiger charge is -2.29. The van der Waals surface area contributed by atoms with Gasteiger partial charge in [0.15, 0.2) is 0 Å². The van der Waals surface area contributed by atoms with Gasteiger partial charge in [-0.2, -0.15) is 0 Å². The van der Waals surface area contributed by atoms with Crippen molar-refractivity contribution in [1.29, 1.82) is 0 Å². The summed E-state index contributed by atoms with van der Waals surface area (Å²) in [6.45, 7) is 4.85. The summed E-state index contributed by atoms with van der Waals surface area (Å²) in [6.07, 6.45) is 1.05. The number of aliphatic hydroxyl groups excluding tert-OH is 1. The fraction of sp³-hybridized carbons (Fsp3) is 0.407. The number of fused-ring (bicyclic) bond motifs is 2. The van der Waals surface area contributed by atoms with Crippen LogP contribution in [0.3, 0.4) is 0 Å². The molecule has 77 heavy (non-hydrogen) atoms. The van der Waals surface area contributed by atoms with Crippen molar-refractivity contribution >= 4 is 90.5 Å². The number of aromatic hydroxyl groups is 1. The molecule has 1 unspecified atom stereocenters. The highest BCUT2D eigenvalue weighted by Gasteiger charge is 2.36. The van der Waals surface area contributed by atoms with Gasteiger partial charge >= 0.3 is 0 Å². The fourth-order valence-corrected chi connectivity index (χ4v) is 11.0. The van der Waals surface area contributed by atoms with E-state index in [1.807, 2.05) is 66.7 Å². The van der Waals surface area contributed by atoms with Gasteiger partial charge in [0.05, 0.1) is 12.1 Å². The number of phenols is 1. The van der Waals surface area contributed by atoms with Crippen LogP contribution in [0.25, 0.3) is 21.7 Å². The maximum absolute atomic E-state index is 14.9. The lowest BCUT2D eigenvalue weighted by Crippen LogP contribution is -2.62. The zero-order valence-corrected chi connectivity index (χ0v) is 44.7. The number of hydrogen-bond acceptors (Lipinski definition) is 14. The first kappa shape index (κ1) is 59.1. The minimum atomic E-state index is -1.55. The van der Waals surface area contributed by atoms with Crippen molar-refractivity contribution in [3.8, 4) is 5.75 Å². The van der Waals surface area contributed by atoms with E-state index in [1.165, 1.54) is 19.1 Å². The highest BCUT2D eigenvalue weighted by atomic mass is 33.1. The SMILES string of the molecule is CC(C)C1NC(=O)[C@H](CCCCN)NC(=O)[C@@H](Cc2c[nH]c3ccccc23)NC(=O)[C@H](Cc2ccc(O)cc2)NC(=O)[C@H](NC(=O)[C@H](N)Cc2ccc3ccccc3c2)CSSC[C@H](C(=O)N[C@H](C(N)=O)[C@@H](C)O)NC1=O.